The van der Waals surface area contributed by atoms with Gasteiger partial charge < -0.3 is 15.6 Å². The van der Waals surface area contributed by atoms with Gasteiger partial charge in [0.2, 0.25) is 0 Å². The first-order chi connectivity index (χ1) is 8.34. The lowest BCUT2D eigenvalue weighted by atomic mass is 9.71. The molecular formula is C14H27NO3. The van der Waals surface area contributed by atoms with Gasteiger partial charge in [-0.1, -0.05) is 27.2 Å². The molecule has 0 aromatic heterocycles. The predicted octanol–water partition coefficient (Wildman–Crippen LogP) is 2.55. The van der Waals surface area contributed by atoms with E-state index in [0.29, 0.717) is 18.4 Å². The number of hydrogen-bond donors (Lipinski definition) is 2. The van der Waals surface area contributed by atoms with Crippen LogP contribution in [-0.2, 0) is 9.53 Å². The molecule has 0 bridgehead atoms. The minimum absolute atomic E-state index is 0.325. The van der Waals surface area contributed by atoms with Crippen molar-refractivity contribution in [2.75, 3.05) is 6.54 Å². The standard InChI is InChI=1S/C14H27NO3/c1-4-5-11(12(16)17)18-14(10-15)8-6-13(2,3)7-9-14/h11H,4-10,15H2,1-3H3,(H,16,17). The fraction of sp³-hybridized carbons (Fsp3) is 0.929. The predicted molar refractivity (Wildman–Crippen MR) is 71.5 cm³/mol. The van der Waals surface area contributed by atoms with Gasteiger partial charge in [-0.25, -0.2) is 4.79 Å². The lowest BCUT2D eigenvalue weighted by molar-refractivity contribution is -0.171. The van der Waals surface area contributed by atoms with Gasteiger partial charge in [0, 0.05) is 6.54 Å². The fourth-order valence-corrected chi connectivity index (χ4v) is 2.55. The van der Waals surface area contributed by atoms with Crippen LogP contribution in [0.1, 0.15) is 59.3 Å². The maximum Gasteiger partial charge on any atom is 0.332 e. The lowest BCUT2D eigenvalue weighted by Crippen LogP contribution is -2.49. The van der Waals surface area contributed by atoms with Gasteiger partial charge in [0.05, 0.1) is 5.60 Å². The third-order valence-electron chi connectivity index (χ3n) is 4.11. The molecule has 4 nitrogen and oxygen atoms in total. The highest BCUT2D eigenvalue weighted by atomic mass is 16.5. The number of hydrogen-bond acceptors (Lipinski definition) is 3. The Kier molecular flexibility index (Phi) is 5.17. The van der Waals surface area contributed by atoms with Gasteiger partial charge in [0.25, 0.3) is 0 Å². The largest absolute Gasteiger partial charge is 0.479 e. The van der Waals surface area contributed by atoms with Crippen LogP contribution >= 0.6 is 0 Å². The van der Waals surface area contributed by atoms with E-state index >= 15 is 0 Å². The van der Waals surface area contributed by atoms with Crippen molar-refractivity contribution in [3.05, 3.63) is 0 Å². The molecule has 0 radical (unpaired) electrons. The van der Waals surface area contributed by atoms with Gasteiger partial charge in [-0.05, 0) is 37.5 Å². The van der Waals surface area contributed by atoms with Crippen LogP contribution in [-0.4, -0.2) is 29.3 Å². The molecule has 106 valence electrons. The van der Waals surface area contributed by atoms with Crippen molar-refractivity contribution in [3.63, 3.8) is 0 Å². The van der Waals surface area contributed by atoms with E-state index in [9.17, 15) is 9.90 Å². The molecular weight excluding hydrogens is 230 g/mol. The quantitative estimate of drug-likeness (QED) is 0.767. The Morgan fingerprint density at radius 2 is 1.89 bits per heavy atom. The van der Waals surface area contributed by atoms with Crippen molar-refractivity contribution in [1.82, 2.24) is 0 Å². The van der Waals surface area contributed by atoms with E-state index in [2.05, 4.69) is 13.8 Å². The minimum atomic E-state index is -0.866. The van der Waals surface area contributed by atoms with Crippen LogP contribution in [0.2, 0.25) is 0 Å². The minimum Gasteiger partial charge on any atom is -0.479 e. The average molecular weight is 257 g/mol. The highest BCUT2D eigenvalue weighted by Gasteiger charge is 2.40. The molecule has 1 aliphatic rings. The molecule has 1 atom stereocenters. The maximum atomic E-state index is 11.2. The highest BCUT2D eigenvalue weighted by Crippen LogP contribution is 2.42. The van der Waals surface area contributed by atoms with Crippen LogP contribution < -0.4 is 5.73 Å². The monoisotopic (exact) mass is 257 g/mol. The van der Waals surface area contributed by atoms with E-state index in [-0.39, 0.29) is 0 Å². The summed E-state index contributed by atoms with van der Waals surface area (Å²) in [6.45, 7) is 6.87. The zero-order chi connectivity index (χ0) is 13.8. The number of rotatable bonds is 6. The van der Waals surface area contributed by atoms with Crippen LogP contribution in [0.3, 0.4) is 0 Å². The first kappa shape index (κ1) is 15.4. The van der Waals surface area contributed by atoms with E-state index in [1.165, 1.54) is 0 Å². The van der Waals surface area contributed by atoms with E-state index in [0.717, 1.165) is 32.1 Å². The third kappa shape index (κ3) is 3.95. The Hall–Kier alpha value is -0.610. The van der Waals surface area contributed by atoms with Crippen molar-refractivity contribution in [1.29, 1.82) is 0 Å². The molecule has 0 saturated heterocycles. The molecule has 0 aromatic carbocycles. The molecule has 4 heteroatoms. The second-order valence-corrected chi connectivity index (χ2v) is 6.28. The van der Waals surface area contributed by atoms with Crippen molar-refractivity contribution >= 4 is 5.97 Å². The van der Waals surface area contributed by atoms with E-state index in [4.69, 9.17) is 10.5 Å². The molecule has 1 rings (SSSR count). The summed E-state index contributed by atoms with van der Waals surface area (Å²) >= 11 is 0. The molecule has 0 spiro atoms. The summed E-state index contributed by atoms with van der Waals surface area (Å²) in [5, 5.41) is 9.18. The van der Waals surface area contributed by atoms with Crippen LogP contribution in [0.25, 0.3) is 0 Å². The van der Waals surface area contributed by atoms with Crippen LogP contribution in [0, 0.1) is 5.41 Å². The molecule has 18 heavy (non-hydrogen) atoms. The van der Waals surface area contributed by atoms with Gasteiger partial charge in [-0.2, -0.15) is 0 Å². The zero-order valence-corrected chi connectivity index (χ0v) is 11.9. The molecule has 1 unspecified atom stereocenters. The van der Waals surface area contributed by atoms with E-state index in [1.54, 1.807) is 0 Å². The van der Waals surface area contributed by atoms with E-state index < -0.39 is 17.7 Å². The third-order valence-corrected chi connectivity index (χ3v) is 4.11. The summed E-state index contributed by atoms with van der Waals surface area (Å²) < 4.78 is 5.90. The Labute approximate surface area is 110 Å². The van der Waals surface area contributed by atoms with Crippen molar-refractivity contribution in [3.8, 4) is 0 Å². The van der Waals surface area contributed by atoms with Gasteiger partial charge in [0.1, 0.15) is 0 Å². The molecule has 0 heterocycles. The first-order valence-corrected chi connectivity index (χ1v) is 6.95. The SMILES string of the molecule is CCCC(OC1(CN)CCC(C)(C)CC1)C(=O)O. The smallest absolute Gasteiger partial charge is 0.332 e. The Morgan fingerprint density at radius 1 is 1.33 bits per heavy atom. The molecule has 1 saturated carbocycles. The molecule has 3 N–H and O–H groups in total. The number of nitrogens with two attached hydrogens (primary N) is 1. The lowest BCUT2D eigenvalue weighted by Gasteiger charge is -2.44. The van der Waals surface area contributed by atoms with Crippen LogP contribution in [0.4, 0.5) is 0 Å². The normalized spacial score (nSPS) is 23.6. The number of ether oxygens (including phenoxy) is 1. The summed E-state index contributed by atoms with van der Waals surface area (Å²) in [4.78, 5) is 11.2. The summed E-state index contributed by atoms with van der Waals surface area (Å²) in [5.74, 6) is -0.866. The van der Waals surface area contributed by atoms with Gasteiger partial charge in [0.15, 0.2) is 6.10 Å². The van der Waals surface area contributed by atoms with Crippen LogP contribution in [0.15, 0.2) is 0 Å². The molecule has 0 amide bonds. The van der Waals surface area contributed by atoms with Crippen molar-refractivity contribution in [2.45, 2.75) is 71.0 Å². The second kappa shape index (κ2) is 6.02. The summed E-state index contributed by atoms with van der Waals surface area (Å²) in [5.41, 5.74) is 5.76. The first-order valence-electron chi connectivity index (χ1n) is 6.95. The second-order valence-electron chi connectivity index (χ2n) is 6.28. The Morgan fingerprint density at radius 3 is 2.28 bits per heavy atom. The Balaban J connectivity index is 2.68. The molecule has 1 fully saturated rings. The van der Waals surface area contributed by atoms with E-state index in [1.807, 2.05) is 6.92 Å². The Bertz CT molecular complexity index is 279. The zero-order valence-electron chi connectivity index (χ0n) is 11.9. The van der Waals surface area contributed by atoms with Crippen molar-refractivity contribution in [2.24, 2.45) is 11.1 Å². The number of aliphatic carboxylic acids is 1. The summed E-state index contributed by atoms with van der Waals surface area (Å²) in [6, 6.07) is 0. The fourth-order valence-electron chi connectivity index (χ4n) is 2.55. The van der Waals surface area contributed by atoms with Crippen molar-refractivity contribution < 1.29 is 14.6 Å². The number of carboxylic acids is 1. The molecule has 0 aromatic rings. The highest BCUT2D eigenvalue weighted by molar-refractivity contribution is 5.72. The van der Waals surface area contributed by atoms with Crippen LogP contribution in [0.5, 0.6) is 0 Å². The van der Waals surface area contributed by atoms with Gasteiger partial charge >= 0.3 is 5.97 Å². The average Bonchev–Trinajstić information content (AvgIpc) is 2.31. The molecule has 0 aliphatic heterocycles. The summed E-state index contributed by atoms with van der Waals surface area (Å²) in [7, 11) is 0. The van der Waals surface area contributed by atoms with Gasteiger partial charge in [-0.15, -0.1) is 0 Å². The summed E-state index contributed by atoms with van der Waals surface area (Å²) in [6.07, 6.45) is 4.47. The molecule has 1 aliphatic carbocycles. The maximum absolute atomic E-state index is 11.2. The van der Waals surface area contributed by atoms with Gasteiger partial charge in [-0.3, -0.25) is 0 Å². The topological polar surface area (TPSA) is 72.5 Å². The number of carboxylic acid groups (broad SMARTS) is 1. The number of carbonyl (C=O) groups is 1.